The molecule has 1 saturated heterocycles. The Hall–Kier alpha value is -2.87. The fraction of sp³-hybridized carbons (Fsp3) is 0.455. The molecule has 3 rings (SSSR count). The number of halogens is 1. The Balaban J connectivity index is 1.57. The summed E-state index contributed by atoms with van der Waals surface area (Å²) in [6.07, 6.45) is 1.84. The minimum absolute atomic E-state index is 0.285. The Kier molecular flexibility index (Phi) is 7.68. The average molecular weight is 445 g/mol. The molecule has 0 spiro atoms. The highest BCUT2D eigenvalue weighted by molar-refractivity contribution is 6.30. The molecule has 0 bridgehead atoms. The van der Waals surface area contributed by atoms with Gasteiger partial charge in [-0.15, -0.1) is 10.2 Å². The molecule has 0 amide bonds. The SMILES string of the molecule is C=NN(Cc1cc(Cl)ccc1COC(=C)N1CCC(c2nnc(C)o2)CC1)N=C(C)C. The second-order valence-corrected chi connectivity index (χ2v) is 8.17. The van der Waals surface area contributed by atoms with E-state index in [2.05, 4.69) is 38.6 Å². The maximum Gasteiger partial charge on any atom is 0.219 e. The third-order valence-corrected chi connectivity index (χ3v) is 5.33. The van der Waals surface area contributed by atoms with Crippen molar-refractivity contribution >= 4 is 24.0 Å². The summed E-state index contributed by atoms with van der Waals surface area (Å²) >= 11 is 6.21. The molecule has 0 N–H and O–H groups in total. The van der Waals surface area contributed by atoms with Gasteiger partial charge in [0.2, 0.25) is 11.8 Å². The van der Waals surface area contributed by atoms with Crippen LogP contribution in [0, 0.1) is 6.92 Å². The molecule has 0 saturated carbocycles. The second kappa shape index (κ2) is 10.4. The summed E-state index contributed by atoms with van der Waals surface area (Å²) in [5.74, 6) is 2.27. The average Bonchev–Trinajstić information content (AvgIpc) is 3.18. The zero-order valence-electron chi connectivity index (χ0n) is 18.3. The van der Waals surface area contributed by atoms with Crippen LogP contribution in [0.15, 0.2) is 45.3 Å². The van der Waals surface area contributed by atoms with Crippen LogP contribution in [0.1, 0.15) is 55.5 Å². The van der Waals surface area contributed by atoms with Crippen molar-refractivity contribution in [1.29, 1.82) is 0 Å². The first-order valence-corrected chi connectivity index (χ1v) is 10.6. The maximum absolute atomic E-state index is 6.21. The lowest BCUT2D eigenvalue weighted by atomic mass is 9.97. The third-order valence-electron chi connectivity index (χ3n) is 5.09. The molecular weight excluding hydrogens is 416 g/mol. The summed E-state index contributed by atoms with van der Waals surface area (Å²) in [6, 6.07) is 5.71. The van der Waals surface area contributed by atoms with Crippen LogP contribution in [-0.2, 0) is 17.9 Å². The van der Waals surface area contributed by atoms with Gasteiger partial charge < -0.3 is 14.1 Å². The Morgan fingerprint density at radius 3 is 2.65 bits per heavy atom. The highest BCUT2D eigenvalue weighted by atomic mass is 35.5. The molecular formula is C22H29ClN6O2. The Morgan fingerprint density at radius 2 is 2.03 bits per heavy atom. The van der Waals surface area contributed by atoms with Gasteiger partial charge in [-0.3, -0.25) is 0 Å². The number of piperidine rings is 1. The Morgan fingerprint density at radius 1 is 1.29 bits per heavy atom. The van der Waals surface area contributed by atoms with Gasteiger partial charge >= 0.3 is 0 Å². The van der Waals surface area contributed by atoms with Crippen LogP contribution < -0.4 is 0 Å². The van der Waals surface area contributed by atoms with E-state index in [1.807, 2.05) is 39.0 Å². The van der Waals surface area contributed by atoms with E-state index in [-0.39, 0.29) is 5.92 Å². The first-order valence-electron chi connectivity index (χ1n) is 10.3. The molecule has 1 aliphatic heterocycles. The number of aryl methyl sites for hydroxylation is 1. The zero-order chi connectivity index (χ0) is 22.4. The largest absolute Gasteiger partial charge is 0.475 e. The van der Waals surface area contributed by atoms with Crippen LogP contribution in [0.5, 0.6) is 0 Å². The van der Waals surface area contributed by atoms with E-state index in [0.29, 0.717) is 29.9 Å². The van der Waals surface area contributed by atoms with Crippen LogP contribution in [0.2, 0.25) is 5.02 Å². The number of aromatic nitrogens is 2. The van der Waals surface area contributed by atoms with Gasteiger partial charge in [0.15, 0.2) is 5.88 Å². The van der Waals surface area contributed by atoms with Crippen molar-refractivity contribution in [2.24, 2.45) is 10.2 Å². The molecule has 0 aliphatic carbocycles. The number of hydrazone groups is 2. The maximum atomic E-state index is 6.21. The summed E-state index contributed by atoms with van der Waals surface area (Å²) in [4.78, 5) is 2.15. The molecule has 0 unspecified atom stereocenters. The standard InChI is InChI=1S/C22H29ClN6O2/c1-15(2)27-29(24-5)13-20-12-21(23)7-6-19(20)14-30-17(4)28-10-8-18(9-11-28)22-26-25-16(3)31-22/h6-7,12,18H,4-5,8-11,13-14H2,1-3H3. The molecule has 31 heavy (non-hydrogen) atoms. The predicted octanol–water partition coefficient (Wildman–Crippen LogP) is 4.71. The van der Waals surface area contributed by atoms with Gasteiger partial charge in [0, 0.05) is 43.4 Å². The number of ether oxygens (including phenoxy) is 1. The number of rotatable bonds is 9. The highest BCUT2D eigenvalue weighted by Crippen LogP contribution is 2.29. The lowest BCUT2D eigenvalue weighted by Crippen LogP contribution is -2.33. The fourth-order valence-corrected chi connectivity index (χ4v) is 3.68. The van der Waals surface area contributed by atoms with Crippen molar-refractivity contribution in [2.45, 2.75) is 52.7 Å². The normalized spacial score (nSPS) is 14.3. The van der Waals surface area contributed by atoms with Crippen molar-refractivity contribution in [1.82, 2.24) is 20.2 Å². The van der Waals surface area contributed by atoms with E-state index in [1.165, 1.54) is 0 Å². The number of benzene rings is 1. The van der Waals surface area contributed by atoms with E-state index in [9.17, 15) is 0 Å². The minimum Gasteiger partial charge on any atom is -0.475 e. The van der Waals surface area contributed by atoms with E-state index < -0.39 is 0 Å². The van der Waals surface area contributed by atoms with Crippen LogP contribution in [-0.4, -0.2) is 45.7 Å². The van der Waals surface area contributed by atoms with Crippen molar-refractivity contribution in [3.8, 4) is 0 Å². The highest BCUT2D eigenvalue weighted by Gasteiger charge is 2.25. The number of hydrogen-bond acceptors (Lipinski definition) is 8. The van der Waals surface area contributed by atoms with Gasteiger partial charge in [0.25, 0.3) is 0 Å². The Labute approximate surface area is 188 Å². The van der Waals surface area contributed by atoms with Gasteiger partial charge in [-0.05, 0) is 56.5 Å². The molecule has 2 aromatic rings. The predicted molar refractivity (Wildman–Crippen MR) is 122 cm³/mol. The van der Waals surface area contributed by atoms with Crippen molar-refractivity contribution in [2.75, 3.05) is 13.1 Å². The summed E-state index contributed by atoms with van der Waals surface area (Å²) in [5.41, 5.74) is 2.86. The number of hydrogen-bond donors (Lipinski definition) is 0. The minimum atomic E-state index is 0.285. The molecule has 166 valence electrons. The smallest absolute Gasteiger partial charge is 0.219 e. The molecule has 0 radical (unpaired) electrons. The summed E-state index contributed by atoms with van der Waals surface area (Å²) in [6.45, 7) is 15.8. The van der Waals surface area contributed by atoms with Gasteiger partial charge in [-0.1, -0.05) is 17.7 Å². The first kappa shape index (κ1) is 22.8. The van der Waals surface area contributed by atoms with E-state index in [1.54, 1.807) is 5.12 Å². The van der Waals surface area contributed by atoms with Crippen LogP contribution in [0.25, 0.3) is 0 Å². The van der Waals surface area contributed by atoms with E-state index in [0.717, 1.165) is 48.7 Å². The van der Waals surface area contributed by atoms with Gasteiger partial charge in [-0.2, -0.15) is 15.3 Å². The monoisotopic (exact) mass is 444 g/mol. The molecule has 1 fully saturated rings. The van der Waals surface area contributed by atoms with Gasteiger partial charge in [0.05, 0.1) is 6.54 Å². The van der Waals surface area contributed by atoms with Crippen molar-refractivity contribution in [3.05, 3.63) is 58.6 Å². The second-order valence-electron chi connectivity index (χ2n) is 7.74. The topological polar surface area (TPSA) is 79.4 Å². The van der Waals surface area contributed by atoms with Crippen LogP contribution in [0.3, 0.4) is 0 Å². The summed E-state index contributed by atoms with van der Waals surface area (Å²) < 4.78 is 11.6. The van der Waals surface area contributed by atoms with Crippen molar-refractivity contribution in [3.63, 3.8) is 0 Å². The molecule has 0 atom stereocenters. The summed E-state index contributed by atoms with van der Waals surface area (Å²) in [5, 5.41) is 18.6. The first-order chi connectivity index (χ1) is 14.9. The molecule has 1 aromatic heterocycles. The van der Waals surface area contributed by atoms with Crippen LogP contribution >= 0.6 is 11.6 Å². The molecule has 2 heterocycles. The molecule has 9 heteroatoms. The lowest BCUT2D eigenvalue weighted by molar-refractivity contribution is 0.0850. The lowest BCUT2D eigenvalue weighted by Gasteiger charge is -2.33. The third kappa shape index (κ3) is 6.30. The summed E-state index contributed by atoms with van der Waals surface area (Å²) in [7, 11) is 0. The van der Waals surface area contributed by atoms with E-state index in [4.69, 9.17) is 20.8 Å². The molecule has 1 aliphatic rings. The van der Waals surface area contributed by atoms with Gasteiger partial charge in [0.1, 0.15) is 6.61 Å². The number of likely N-dealkylation sites (tertiary alicyclic amines) is 1. The van der Waals surface area contributed by atoms with Crippen LogP contribution in [0.4, 0.5) is 0 Å². The Bertz CT molecular complexity index is 945. The fourth-order valence-electron chi connectivity index (χ4n) is 3.49. The number of nitrogens with zero attached hydrogens (tertiary/aromatic N) is 6. The van der Waals surface area contributed by atoms with E-state index >= 15 is 0 Å². The quantitative estimate of drug-likeness (QED) is 0.316. The zero-order valence-corrected chi connectivity index (χ0v) is 19.1. The molecule has 1 aromatic carbocycles. The van der Waals surface area contributed by atoms with Crippen molar-refractivity contribution < 1.29 is 9.15 Å². The molecule has 8 nitrogen and oxygen atoms in total. The van der Waals surface area contributed by atoms with Gasteiger partial charge in [-0.25, -0.2) is 0 Å².